The van der Waals surface area contributed by atoms with Crippen LogP contribution >= 0.6 is 0 Å². The summed E-state index contributed by atoms with van der Waals surface area (Å²) in [5.74, 6) is 1.65. The van der Waals surface area contributed by atoms with Crippen molar-refractivity contribution < 1.29 is 19.0 Å². The van der Waals surface area contributed by atoms with Gasteiger partial charge in [0.25, 0.3) is 0 Å². The molecule has 0 spiro atoms. The van der Waals surface area contributed by atoms with Gasteiger partial charge in [0.1, 0.15) is 17.2 Å². The van der Waals surface area contributed by atoms with Crippen LogP contribution in [0, 0.1) is 0 Å². The van der Waals surface area contributed by atoms with E-state index in [1.54, 1.807) is 36.4 Å². The second-order valence-electron chi connectivity index (χ2n) is 5.79. The van der Waals surface area contributed by atoms with Crippen molar-refractivity contribution in [2.24, 2.45) is 0 Å². The normalized spacial score (nSPS) is 10.3. The van der Waals surface area contributed by atoms with Crippen LogP contribution in [0.25, 0.3) is 0 Å². The average molecular weight is 342 g/mol. The molecule has 0 fully saturated rings. The van der Waals surface area contributed by atoms with E-state index in [1.807, 2.05) is 12.1 Å². The molecule has 0 radical (unpaired) electrons. The van der Waals surface area contributed by atoms with Crippen molar-refractivity contribution in [3.8, 4) is 17.2 Å². The minimum atomic E-state index is -0.389. The van der Waals surface area contributed by atoms with Crippen LogP contribution in [0.15, 0.2) is 48.5 Å². The first-order valence-electron chi connectivity index (χ1n) is 8.90. The minimum absolute atomic E-state index is 0.389. The van der Waals surface area contributed by atoms with Gasteiger partial charge in [-0.2, -0.15) is 0 Å². The fourth-order valence-corrected chi connectivity index (χ4v) is 2.13. The van der Waals surface area contributed by atoms with Gasteiger partial charge in [0, 0.05) is 0 Å². The fraction of sp³-hybridized carbons (Fsp3) is 0.381. The summed E-state index contributed by atoms with van der Waals surface area (Å²) in [4.78, 5) is 12.2. The predicted octanol–water partition coefficient (Wildman–Crippen LogP) is 5.26. The average Bonchev–Trinajstić information content (AvgIpc) is 2.64. The Hall–Kier alpha value is -2.49. The van der Waals surface area contributed by atoms with Gasteiger partial charge in [-0.05, 0) is 61.4 Å². The zero-order valence-corrected chi connectivity index (χ0v) is 15.0. The van der Waals surface area contributed by atoms with E-state index in [0.717, 1.165) is 37.2 Å². The van der Waals surface area contributed by atoms with Gasteiger partial charge in [0.2, 0.25) is 0 Å². The first-order valence-corrected chi connectivity index (χ1v) is 8.90. The molecule has 0 unspecified atom stereocenters. The predicted molar refractivity (Wildman–Crippen MR) is 98.6 cm³/mol. The van der Waals surface area contributed by atoms with E-state index >= 15 is 0 Å². The molecule has 2 rings (SSSR count). The van der Waals surface area contributed by atoms with Crippen molar-refractivity contribution in [2.75, 3.05) is 13.2 Å². The standard InChI is InChI=1S/C21H26O4/c1-3-5-15-23-18-9-7-17(8-10-18)21(22)25-20-13-11-19(12-14-20)24-16-6-4-2/h7-14H,3-6,15-16H2,1-2H3. The van der Waals surface area contributed by atoms with Crippen molar-refractivity contribution in [3.63, 3.8) is 0 Å². The maximum absolute atomic E-state index is 12.2. The number of esters is 1. The summed E-state index contributed by atoms with van der Waals surface area (Å²) >= 11 is 0. The lowest BCUT2D eigenvalue weighted by atomic mass is 10.2. The summed E-state index contributed by atoms with van der Waals surface area (Å²) in [6, 6.07) is 14.1. The monoisotopic (exact) mass is 342 g/mol. The van der Waals surface area contributed by atoms with Crippen LogP contribution in [0.1, 0.15) is 49.9 Å². The molecule has 4 nitrogen and oxygen atoms in total. The summed E-state index contributed by atoms with van der Waals surface area (Å²) in [7, 11) is 0. The highest BCUT2D eigenvalue weighted by Gasteiger charge is 2.09. The summed E-state index contributed by atoms with van der Waals surface area (Å²) in [6.07, 6.45) is 4.22. The minimum Gasteiger partial charge on any atom is -0.494 e. The van der Waals surface area contributed by atoms with Gasteiger partial charge in [-0.3, -0.25) is 0 Å². The quantitative estimate of drug-likeness (QED) is 0.335. The zero-order chi connectivity index (χ0) is 17.9. The lowest BCUT2D eigenvalue weighted by molar-refractivity contribution is 0.0734. The molecule has 0 aliphatic heterocycles. The largest absolute Gasteiger partial charge is 0.494 e. The number of benzene rings is 2. The van der Waals surface area contributed by atoms with Crippen LogP contribution in [0.2, 0.25) is 0 Å². The van der Waals surface area contributed by atoms with Crippen LogP contribution in [-0.4, -0.2) is 19.2 Å². The van der Waals surface area contributed by atoms with E-state index in [-0.39, 0.29) is 5.97 Å². The second kappa shape index (κ2) is 10.4. The number of unbranched alkanes of at least 4 members (excludes halogenated alkanes) is 2. The summed E-state index contributed by atoms with van der Waals surface area (Å²) < 4.78 is 16.6. The highest BCUT2D eigenvalue weighted by atomic mass is 16.5. The first-order chi connectivity index (χ1) is 12.2. The molecular weight excluding hydrogens is 316 g/mol. The molecular formula is C21H26O4. The molecule has 0 aliphatic carbocycles. The van der Waals surface area contributed by atoms with Gasteiger partial charge in [-0.25, -0.2) is 4.79 Å². The number of carbonyl (C=O) groups excluding carboxylic acids is 1. The van der Waals surface area contributed by atoms with Crippen LogP contribution < -0.4 is 14.2 Å². The molecule has 2 aromatic rings. The fourth-order valence-electron chi connectivity index (χ4n) is 2.13. The molecule has 25 heavy (non-hydrogen) atoms. The Morgan fingerprint density at radius 2 is 1.16 bits per heavy atom. The Morgan fingerprint density at radius 1 is 0.720 bits per heavy atom. The van der Waals surface area contributed by atoms with Gasteiger partial charge in [-0.15, -0.1) is 0 Å². The van der Waals surface area contributed by atoms with Crippen molar-refractivity contribution in [1.82, 2.24) is 0 Å². The lowest BCUT2D eigenvalue weighted by Gasteiger charge is -2.08. The highest BCUT2D eigenvalue weighted by Crippen LogP contribution is 2.20. The third kappa shape index (κ3) is 6.49. The van der Waals surface area contributed by atoms with Crippen LogP contribution in [0.3, 0.4) is 0 Å². The summed E-state index contributed by atoms with van der Waals surface area (Å²) in [5.41, 5.74) is 0.492. The van der Waals surface area contributed by atoms with Crippen LogP contribution in [-0.2, 0) is 0 Å². The number of hydrogen-bond donors (Lipinski definition) is 0. The van der Waals surface area contributed by atoms with Crippen molar-refractivity contribution in [2.45, 2.75) is 39.5 Å². The molecule has 2 aromatic carbocycles. The number of carbonyl (C=O) groups is 1. The SMILES string of the molecule is CCCCOc1ccc(OC(=O)c2ccc(OCCCC)cc2)cc1. The Kier molecular flexibility index (Phi) is 7.83. The van der Waals surface area contributed by atoms with Gasteiger partial charge in [0.05, 0.1) is 18.8 Å². The van der Waals surface area contributed by atoms with E-state index in [9.17, 15) is 4.79 Å². The maximum atomic E-state index is 12.2. The zero-order valence-electron chi connectivity index (χ0n) is 15.0. The van der Waals surface area contributed by atoms with Gasteiger partial charge in [-0.1, -0.05) is 26.7 Å². The van der Waals surface area contributed by atoms with E-state index in [1.165, 1.54) is 0 Å². The van der Waals surface area contributed by atoms with E-state index < -0.39 is 0 Å². The van der Waals surface area contributed by atoms with Gasteiger partial charge >= 0.3 is 5.97 Å². The highest BCUT2D eigenvalue weighted by molar-refractivity contribution is 5.91. The molecule has 4 heteroatoms. The Bertz CT molecular complexity index is 632. The topological polar surface area (TPSA) is 44.8 Å². The molecule has 0 saturated carbocycles. The Balaban J connectivity index is 1.86. The van der Waals surface area contributed by atoms with E-state index in [0.29, 0.717) is 24.5 Å². The van der Waals surface area contributed by atoms with Crippen LogP contribution in [0.5, 0.6) is 17.2 Å². The summed E-state index contributed by atoms with van der Waals surface area (Å²) in [5, 5.41) is 0. The van der Waals surface area contributed by atoms with Crippen molar-refractivity contribution in [1.29, 1.82) is 0 Å². The maximum Gasteiger partial charge on any atom is 0.343 e. The van der Waals surface area contributed by atoms with Crippen LogP contribution in [0.4, 0.5) is 0 Å². The van der Waals surface area contributed by atoms with Gasteiger partial charge in [0.15, 0.2) is 0 Å². The Morgan fingerprint density at radius 3 is 1.64 bits per heavy atom. The second-order valence-corrected chi connectivity index (χ2v) is 5.79. The summed E-state index contributed by atoms with van der Waals surface area (Å²) in [6.45, 7) is 5.62. The lowest BCUT2D eigenvalue weighted by Crippen LogP contribution is -2.08. The van der Waals surface area contributed by atoms with E-state index in [4.69, 9.17) is 14.2 Å². The molecule has 0 N–H and O–H groups in total. The Labute approximate surface area is 149 Å². The molecule has 0 saturated heterocycles. The van der Waals surface area contributed by atoms with E-state index in [2.05, 4.69) is 13.8 Å². The first kappa shape index (κ1) is 18.8. The molecule has 0 amide bonds. The van der Waals surface area contributed by atoms with Gasteiger partial charge < -0.3 is 14.2 Å². The molecule has 0 aliphatic rings. The molecule has 0 heterocycles. The molecule has 0 atom stereocenters. The number of rotatable bonds is 10. The smallest absolute Gasteiger partial charge is 0.343 e. The number of ether oxygens (including phenoxy) is 3. The third-order valence-electron chi connectivity index (χ3n) is 3.66. The third-order valence-corrected chi connectivity index (χ3v) is 3.66. The molecule has 134 valence electrons. The number of hydrogen-bond acceptors (Lipinski definition) is 4. The molecule has 0 bridgehead atoms. The van der Waals surface area contributed by atoms with Crippen molar-refractivity contribution >= 4 is 5.97 Å². The van der Waals surface area contributed by atoms with Crippen molar-refractivity contribution in [3.05, 3.63) is 54.1 Å². The molecule has 0 aromatic heterocycles.